The van der Waals surface area contributed by atoms with Crippen LogP contribution in [0.5, 0.6) is 5.75 Å². The van der Waals surface area contributed by atoms with Gasteiger partial charge in [-0.05, 0) is 53.4 Å². The zero-order valence-corrected chi connectivity index (χ0v) is 18.3. The lowest BCUT2D eigenvalue weighted by Crippen LogP contribution is -2.41. The molecule has 170 valence electrons. The molecule has 33 heavy (non-hydrogen) atoms. The standard InChI is InChI=1S/C25H21ClFNO5/c26-18-8-9-22(32-15-23(29)30)21(13-18)24-20-7-2-1-5-17(20)10-11-28(24)25(31)33-14-16-4-3-6-19(27)12-16/h1-9,12-13,24H,10-11,14-15H2,(H,29,30)/t24-/m0/s1. The van der Waals surface area contributed by atoms with E-state index in [4.69, 9.17) is 26.2 Å². The zero-order valence-electron chi connectivity index (χ0n) is 17.5. The Morgan fingerprint density at radius 2 is 1.88 bits per heavy atom. The fraction of sp³-hybridized carbons (Fsp3) is 0.200. The second-order valence-electron chi connectivity index (χ2n) is 7.59. The lowest BCUT2D eigenvalue weighted by molar-refractivity contribution is -0.139. The van der Waals surface area contributed by atoms with Gasteiger partial charge < -0.3 is 14.6 Å². The second-order valence-corrected chi connectivity index (χ2v) is 8.03. The number of hydrogen-bond donors (Lipinski definition) is 1. The predicted molar refractivity (Wildman–Crippen MR) is 120 cm³/mol. The van der Waals surface area contributed by atoms with Crippen LogP contribution in [0, 0.1) is 5.82 Å². The number of hydrogen-bond acceptors (Lipinski definition) is 4. The second kappa shape index (κ2) is 9.92. The van der Waals surface area contributed by atoms with Crippen LogP contribution in [-0.4, -0.2) is 35.2 Å². The number of carbonyl (C=O) groups excluding carboxylic acids is 1. The average molecular weight is 470 g/mol. The van der Waals surface area contributed by atoms with E-state index in [0.717, 1.165) is 11.1 Å². The van der Waals surface area contributed by atoms with Gasteiger partial charge in [0.2, 0.25) is 0 Å². The van der Waals surface area contributed by atoms with Crippen LogP contribution in [0.4, 0.5) is 9.18 Å². The molecule has 0 aromatic heterocycles. The number of nitrogens with zero attached hydrogens (tertiary/aromatic N) is 1. The Morgan fingerprint density at radius 3 is 2.67 bits per heavy atom. The van der Waals surface area contributed by atoms with E-state index in [0.29, 0.717) is 34.9 Å². The van der Waals surface area contributed by atoms with E-state index >= 15 is 0 Å². The van der Waals surface area contributed by atoms with Crippen molar-refractivity contribution in [2.75, 3.05) is 13.2 Å². The largest absolute Gasteiger partial charge is 0.482 e. The summed E-state index contributed by atoms with van der Waals surface area (Å²) >= 11 is 6.27. The third kappa shape index (κ3) is 5.26. The van der Waals surface area contributed by atoms with Crippen LogP contribution in [0.1, 0.15) is 28.3 Å². The van der Waals surface area contributed by atoms with Gasteiger partial charge in [-0.15, -0.1) is 0 Å². The van der Waals surface area contributed by atoms with Crippen molar-refractivity contribution in [3.8, 4) is 5.75 Å². The maximum atomic E-state index is 13.5. The van der Waals surface area contributed by atoms with Gasteiger partial charge >= 0.3 is 12.1 Å². The smallest absolute Gasteiger partial charge is 0.410 e. The van der Waals surface area contributed by atoms with Crippen LogP contribution >= 0.6 is 11.6 Å². The zero-order chi connectivity index (χ0) is 23.4. The van der Waals surface area contributed by atoms with Crippen molar-refractivity contribution < 1.29 is 28.6 Å². The van der Waals surface area contributed by atoms with Gasteiger partial charge in [-0.3, -0.25) is 4.90 Å². The Balaban J connectivity index is 1.68. The molecule has 0 aliphatic carbocycles. The summed E-state index contributed by atoms with van der Waals surface area (Å²) < 4.78 is 24.5. The fourth-order valence-corrected chi connectivity index (χ4v) is 4.14. The molecule has 0 fully saturated rings. The van der Waals surface area contributed by atoms with Crippen LogP contribution in [-0.2, 0) is 22.6 Å². The number of aliphatic carboxylic acids is 1. The molecule has 8 heteroatoms. The van der Waals surface area contributed by atoms with E-state index in [9.17, 15) is 14.0 Å². The fourth-order valence-electron chi connectivity index (χ4n) is 3.96. The normalized spacial score (nSPS) is 15.0. The number of carboxylic acid groups (broad SMARTS) is 1. The average Bonchev–Trinajstić information content (AvgIpc) is 2.81. The maximum absolute atomic E-state index is 13.5. The molecular weight excluding hydrogens is 449 g/mol. The van der Waals surface area contributed by atoms with Crippen molar-refractivity contribution >= 4 is 23.7 Å². The molecule has 1 atom stereocenters. The highest BCUT2D eigenvalue weighted by atomic mass is 35.5. The molecule has 3 aromatic rings. The molecule has 1 heterocycles. The Bertz CT molecular complexity index is 1180. The topological polar surface area (TPSA) is 76.1 Å². The monoisotopic (exact) mass is 469 g/mol. The van der Waals surface area contributed by atoms with Crippen molar-refractivity contribution in [1.82, 2.24) is 4.90 Å². The maximum Gasteiger partial charge on any atom is 0.410 e. The quantitative estimate of drug-likeness (QED) is 0.535. The first-order valence-electron chi connectivity index (χ1n) is 10.3. The van der Waals surface area contributed by atoms with Gasteiger partial charge in [0.05, 0.1) is 6.04 Å². The first-order chi connectivity index (χ1) is 15.9. The van der Waals surface area contributed by atoms with Crippen molar-refractivity contribution in [1.29, 1.82) is 0 Å². The first kappa shape index (κ1) is 22.6. The molecule has 0 saturated heterocycles. The third-order valence-corrected chi connectivity index (χ3v) is 5.62. The van der Waals surface area contributed by atoms with Crippen LogP contribution in [0.25, 0.3) is 0 Å². The van der Waals surface area contributed by atoms with Crippen LogP contribution < -0.4 is 4.74 Å². The Morgan fingerprint density at radius 1 is 1.06 bits per heavy atom. The van der Waals surface area contributed by atoms with E-state index in [1.165, 1.54) is 12.1 Å². The van der Waals surface area contributed by atoms with Gasteiger partial charge in [0.1, 0.15) is 18.2 Å². The van der Waals surface area contributed by atoms with E-state index < -0.39 is 30.5 Å². The predicted octanol–water partition coefficient (Wildman–Crippen LogP) is 5.23. The summed E-state index contributed by atoms with van der Waals surface area (Å²) in [5, 5.41) is 9.48. The van der Waals surface area contributed by atoms with Gasteiger partial charge in [0.25, 0.3) is 0 Å². The third-order valence-electron chi connectivity index (χ3n) is 5.39. The molecule has 4 rings (SSSR count). The Kier molecular flexibility index (Phi) is 6.79. The van der Waals surface area contributed by atoms with E-state index in [1.807, 2.05) is 24.3 Å². The number of carboxylic acids is 1. The highest BCUT2D eigenvalue weighted by molar-refractivity contribution is 6.30. The lowest BCUT2D eigenvalue weighted by atomic mass is 9.88. The highest BCUT2D eigenvalue weighted by Gasteiger charge is 2.35. The highest BCUT2D eigenvalue weighted by Crippen LogP contribution is 2.40. The number of amides is 1. The van der Waals surface area contributed by atoms with E-state index in [1.54, 1.807) is 35.2 Å². The molecule has 0 radical (unpaired) electrons. The van der Waals surface area contributed by atoms with Crippen molar-refractivity contribution in [2.24, 2.45) is 0 Å². The summed E-state index contributed by atoms with van der Waals surface area (Å²) in [5.74, 6) is -1.22. The van der Waals surface area contributed by atoms with Crippen LogP contribution in [0.3, 0.4) is 0 Å². The molecule has 0 saturated carbocycles. The molecular formula is C25H21ClFNO5. The summed E-state index contributed by atoms with van der Waals surface area (Å²) in [6.45, 7) is -0.249. The lowest BCUT2D eigenvalue weighted by Gasteiger charge is -2.37. The summed E-state index contributed by atoms with van der Waals surface area (Å²) in [4.78, 5) is 25.8. The van der Waals surface area contributed by atoms with Crippen molar-refractivity contribution in [3.05, 3.63) is 99.8 Å². The van der Waals surface area contributed by atoms with Crippen LogP contribution in [0.15, 0.2) is 66.7 Å². The number of rotatable bonds is 6. The van der Waals surface area contributed by atoms with E-state index in [2.05, 4.69) is 0 Å². The minimum Gasteiger partial charge on any atom is -0.482 e. The number of halogens is 2. The molecule has 1 N–H and O–H groups in total. The minimum atomic E-state index is -1.12. The van der Waals surface area contributed by atoms with Crippen molar-refractivity contribution in [3.63, 3.8) is 0 Å². The Labute approximate surface area is 195 Å². The summed E-state index contributed by atoms with van der Waals surface area (Å²) in [5.41, 5.74) is 3.01. The summed E-state index contributed by atoms with van der Waals surface area (Å²) in [6.07, 6.45) is 0.0380. The molecule has 0 unspecified atom stereocenters. The van der Waals surface area contributed by atoms with Crippen molar-refractivity contribution in [2.45, 2.75) is 19.1 Å². The van der Waals surface area contributed by atoms with Gasteiger partial charge in [-0.1, -0.05) is 48.0 Å². The molecule has 3 aromatic carbocycles. The minimum absolute atomic E-state index is 0.0840. The van der Waals surface area contributed by atoms with E-state index in [-0.39, 0.29) is 6.61 Å². The van der Waals surface area contributed by atoms with Gasteiger partial charge in [0, 0.05) is 17.1 Å². The van der Waals surface area contributed by atoms with Gasteiger partial charge in [0.15, 0.2) is 6.61 Å². The number of ether oxygens (including phenoxy) is 2. The molecule has 1 amide bonds. The molecule has 0 spiro atoms. The van der Waals surface area contributed by atoms with Crippen LogP contribution in [0.2, 0.25) is 5.02 Å². The molecule has 6 nitrogen and oxygen atoms in total. The SMILES string of the molecule is O=C(O)COc1ccc(Cl)cc1[C@@H]1c2ccccc2CCN1C(=O)OCc1cccc(F)c1. The number of fused-ring (bicyclic) bond motifs is 1. The van der Waals surface area contributed by atoms with Gasteiger partial charge in [-0.2, -0.15) is 0 Å². The Hall–Kier alpha value is -3.58. The summed E-state index contributed by atoms with van der Waals surface area (Å²) in [6, 6.07) is 17.8. The number of benzene rings is 3. The number of carbonyl (C=O) groups is 2. The molecule has 1 aliphatic rings. The summed E-state index contributed by atoms with van der Waals surface area (Å²) in [7, 11) is 0. The first-order valence-corrected chi connectivity index (χ1v) is 10.7. The molecule has 1 aliphatic heterocycles. The van der Waals surface area contributed by atoms with Gasteiger partial charge in [-0.25, -0.2) is 14.0 Å². The molecule has 0 bridgehead atoms.